The van der Waals surface area contributed by atoms with Crippen molar-refractivity contribution in [2.45, 2.75) is 6.92 Å². The highest BCUT2D eigenvalue weighted by atomic mass is 19.1. The summed E-state index contributed by atoms with van der Waals surface area (Å²) in [5.41, 5.74) is 14.2. The Morgan fingerprint density at radius 2 is 1.82 bits per heavy atom. The number of aromatic amines is 2. The molecule has 0 aliphatic rings. The van der Waals surface area contributed by atoms with E-state index < -0.39 is 0 Å². The summed E-state index contributed by atoms with van der Waals surface area (Å²) in [7, 11) is 0. The molecule has 0 saturated heterocycles. The molecular formula is C25H18FN7. The van der Waals surface area contributed by atoms with Gasteiger partial charge < -0.3 is 10.7 Å². The van der Waals surface area contributed by atoms with Gasteiger partial charge in [-0.05, 0) is 61.0 Å². The van der Waals surface area contributed by atoms with Gasteiger partial charge >= 0.3 is 0 Å². The molecule has 0 bridgehead atoms. The van der Waals surface area contributed by atoms with Crippen LogP contribution in [0.15, 0.2) is 67.1 Å². The van der Waals surface area contributed by atoms with Crippen molar-refractivity contribution in [1.82, 2.24) is 30.1 Å². The number of hydrogen-bond donors (Lipinski definition) is 3. The van der Waals surface area contributed by atoms with Crippen molar-refractivity contribution in [2.24, 2.45) is 0 Å². The number of aryl methyl sites for hydroxylation is 1. The predicted octanol–water partition coefficient (Wildman–Crippen LogP) is 5.26. The number of halogens is 1. The minimum atomic E-state index is -0.286. The molecule has 5 aromatic heterocycles. The third kappa shape index (κ3) is 3.28. The number of rotatable bonds is 3. The van der Waals surface area contributed by atoms with Gasteiger partial charge in [0, 0.05) is 40.6 Å². The van der Waals surface area contributed by atoms with E-state index in [4.69, 9.17) is 10.7 Å². The zero-order chi connectivity index (χ0) is 22.5. The lowest BCUT2D eigenvalue weighted by atomic mass is 10.0. The molecule has 0 saturated carbocycles. The molecule has 0 radical (unpaired) electrons. The molecule has 5 heterocycles. The van der Waals surface area contributed by atoms with Crippen molar-refractivity contribution < 1.29 is 4.39 Å². The minimum absolute atomic E-state index is 0.286. The largest absolute Gasteiger partial charge is 0.397 e. The van der Waals surface area contributed by atoms with Gasteiger partial charge in [0.25, 0.3) is 0 Å². The first-order valence-electron chi connectivity index (χ1n) is 10.4. The Labute approximate surface area is 187 Å². The fraction of sp³-hybridized carbons (Fsp3) is 0.0400. The van der Waals surface area contributed by atoms with Crippen molar-refractivity contribution in [2.75, 3.05) is 5.73 Å². The van der Waals surface area contributed by atoms with Crippen molar-refractivity contribution >= 4 is 27.6 Å². The number of pyridine rings is 3. The zero-order valence-corrected chi connectivity index (χ0v) is 17.6. The highest BCUT2D eigenvalue weighted by molar-refractivity contribution is 5.99. The summed E-state index contributed by atoms with van der Waals surface area (Å²) in [6.45, 7) is 1.87. The number of nitrogens with two attached hydrogens (primary N) is 1. The summed E-state index contributed by atoms with van der Waals surface area (Å²) >= 11 is 0. The van der Waals surface area contributed by atoms with E-state index in [1.807, 2.05) is 43.3 Å². The molecule has 1 aromatic carbocycles. The second-order valence-corrected chi connectivity index (χ2v) is 7.99. The molecule has 0 spiro atoms. The van der Waals surface area contributed by atoms with E-state index in [0.717, 1.165) is 50.0 Å². The van der Waals surface area contributed by atoms with Gasteiger partial charge in [-0.25, -0.2) is 9.37 Å². The van der Waals surface area contributed by atoms with Gasteiger partial charge in [0.1, 0.15) is 17.0 Å². The molecule has 0 unspecified atom stereocenters. The van der Waals surface area contributed by atoms with E-state index in [2.05, 4.69) is 25.1 Å². The van der Waals surface area contributed by atoms with Gasteiger partial charge in [-0.15, -0.1) is 0 Å². The number of anilines is 1. The maximum atomic E-state index is 14.0. The van der Waals surface area contributed by atoms with Gasteiger partial charge in [-0.3, -0.25) is 15.1 Å². The average molecular weight is 435 g/mol. The van der Waals surface area contributed by atoms with E-state index in [0.29, 0.717) is 17.1 Å². The van der Waals surface area contributed by atoms with Crippen molar-refractivity contribution in [3.05, 3.63) is 78.5 Å². The van der Waals surface area contributed by atoms with Gasteiger partial charge in [0.05, 0.1) is 28.3 Å². The van der Waals surface area contributed by atoms with Crippen molar-refractivity contribution in [3.63, 3.8) is 0 Å². The Hall–Kier alpha value is -4.59. The molecule has 4 N–H and O–H groups in total. The number of nitrogen functional groups attached to an aromatic ring is 1. The van der Waals surface area contributed by atoms with Crippen LogP contribution in [0.1, 0.15) is 5.56 Å². The van der Waals surface area contributed by atoms with Crippen molar-refractivity contribution in [1.29, 1.82) is 0 Å². The highest BCUT2D eigenvalue weighted by Crippen LogP contribution is 2.33. The van der Waals surface area contributed by atoms with E-state index >= 15 is 0 Å². The molecule has 0 atom stereocenters. The Morgan fingerprint density at radius 3 is 2.67 bits per heavy atom. The molecule has 6 aromatic rings. The van der Waals surface area contributed by atoms with Gasteiger partial charge in [0.15, 0.2) is 0 Å². The number of fused-ring (bicyclic) bond motifs is 2. The summed E-state index contributed by atoms with van der Waals surface area (Å²) in [6, 6.07) is 14.5. The average Bonchev–Trinajstić information content (AvgIpc) is 3.41. The first kappa shape index (κ1) is 19.1. The smallest absolute Gasteiger partial charge is 0.135 e. The summed E-state index contributed by atoms with van der Waals surface area (Å²) < 4.78 is 14.0. The molecule has 160 valence electrons. The number of aromatic nitrogens is 6. The Balaban J connectivity index is 1.51. The van der Waals surface area contributed by atoms with Crippen LogP contribution in [0.2, 0.25) is 0 Å². The lowest BCUT2D eigenvalue weighted by Gasteiger charge is -2.04. The molecule has 7 nitrogen and oxygen atoms in total. The Morgan fingerprint density at radius 1 is 0.909 bits per heavy atom. The fourth-order valence-corrected chi connectivity index (χ4v) is 4.13. The predicted molar refractivity (Wildman–Crippen MR) is 127 cm³/mol. The molecule has 0 fully saturated rings. The van der Waals surface area contributed by atoms with Crippen LogP contribution in [-0.2, 0) is 0 Å². The molecule has 0 aliphatic heterocycles. The summed E-state index contributed by atoms with van der Waals surface area (Å²) in [4.78, 5) is 16.9. The van der Waals surface area contributed by atoms with Crippen LogP contribution in [0.4, 0.5) is 10.1 Å². The number of hydrogen-bond acceptors (Lipinski definition) is 5. The number of benzene rings is 1. The standard InChI is InChI=1S/C25H18FN7/c1-13-6-14(8-16(26)7-13)23-18-10-22(30-20(18)4-5-29-23)25-24-21(32-33-25)3-2-19(31-24)15-9-17(27)12-28-11-15/h2-12,30H,27H2,1H3,(H,32,33). The topological polar surface area (TPSA) is 109 Å². The number of nitrogens with one attached hydrogen (secondary N) is 2. The van der Waals surface area contributed by atoms with E-state index in [-0.39, 0.29) is 5.82 Å². The second-order valence-electron chi connectivity index (χ2n) is 7.99. The quantitative estimate of drug-likeness (QED) is 0.351. The molecule has 0 amide bonds. The fourth-order valence-electron chi connectivity index (χ4n) is 4.13. The van der Waals surface area contributed by atoms with Crippen LogP contribution in [-0.4, -0.2) is 30.1 Å². The van der Waals surface area contributed by atoms with E-state index in [1.165, 1.54) is 12.1 Å². The summed E-state index contributed by atoms with van der Waals surface area (Å²) in [5.74, 6) is -0.286. The van der Waals surface area contributed by atoms with Crippen LogP contribution in [0.5, 0.6) is 0 Å². The van der Waals surface area contributed by atoms with E-state index in [1.54, 1.807) is 18.6 Å². The molecule has 33 heavy (non-hydrogen) atoms. The number of H-pyrrole nitrogens is 2. The van der Waals surface area contributed by atoms with Gasteiger partial charge in [0.2, 0.25) is 0 Å². The normalized spacial score (nSPS) is 11.5. The molecular weight excluding hydrogens is 417 g/mol. The lowest BCUT2D eigenvalue weighted by molar-refractivity contribution is 0.627. The third-order valence-corrected chi connectivity index (χ3v) is 5.58. The zero-order valence-electron chi connectivity index (χ0n) is 17.6. The lowest BCUT2D eigenvalue weighted by Crippen LogP contribution is -1.90. The minimum Gasteiger partial charge on any atom is -0.397 e. The monoisotopic (exact) mass is 435 g/mol. The van der Waals surface area contributed by atoms with Crippen LogP contribution in [0.25, 0.3) is 55.8 Å². The molecule has 8 heteroatoms. The Kier molecular flexibility index (Phi) is 4.19. The SMILES string of the molecule is Cc1cc(F)cc(-c2nccc3[nH]c(-c4n[nH]c5ccc(-c6cncc(N)c6)nc45)cc23)c1. The first-order chi connectivity index (χ1) is 16.0. The highest BCUT2D eigenvalue weighted by Gasteiger charge is 2.16. The van der Waals surface area contributed by atoms with Crippen LogP contribution in [0.3, 0.4) is 0 Å². The third-order valence-electron chi connectivity index (χ3n) is 5.58. The van der Waals surface area contributed by atoms with Crippen LogP contribution < -0.4 is 5.73 Å². The van der Waals surface area contributed by atoms with Gasteiger partial charge in [-0.1, -0.05) is 0 Å². The number of nitrogens with zero attached hydrogens (tertiary/aromatic N) is 4. The second kappa shape index (κ2) is 7.23. The molecule has 0 aliphatic carbocycles. The van der Waals surface area contributed by atoms with Gasteiger partial charge in [-0.2, -0.15) is 5.10 Å². The first-order valence-corrected chi connectivity index (χ1v) is 10.4. The maximum Gasteiger partial charge on any atom is 0.135 e. The van der Waals surface area contributed by atoms with Crippen LogP contribution >= 0.6 is 0 Å². The molecule has 6 rings (SSSR count). The van der Waals surface area contributed by atoms with Crippen molar-refractivity contribution in [3.8, 4) is 33.9 Å². The Bertz CT molecular complexity index is 1640. The maximum absolute atomic E-state index is 14.0. The van der Waals surface area contributed by atoms with Crippen LogP contribution in [0, 0.1) is 12.7 Å². The summed E-state index contributed by atoms with van der Waals surface area (Å²) in [6.07, 6.45) is 5.04. The summed E-state index contributed by atoms with van der Waals surface area (Å²) in [5, 5.41) is 8.43. The van der Waals surface area contributed by atoms with E-state index in [9.17, 15) is 4.39 Å².